The van der Waals surface area contributed by atoms with Crippen molar-refractivity contribution in [3.63, 3.8) is 0 Å². The Labute approximate surface area is 132 Å². The SMILES string of the molecule is CN(Cc1ccc2ccccc2c1)c1ncnc2sccc12. The molecular formula is C18H15N3S. The number of thiophene rings is 1. The summed E-state index contributed by atoms with van der Waals surface area (Å²) in [7, 11) is 2.08. The number of fused-ring (bicyclic) bond motifs is 2. The topological polar surface area (TPSA) is 29.0 Å². The van der Waals surface area contributed by atoms with Gasteiger partial charge >= 0.3 is 0 Å². The smallest absolute Gasteiger partial charge is 0.140 e. The molecule has 0 aliphatic rings. The summed E-state index contributed by atoms with van der Waals surface area (Å²) in [5.74, 6) is 0.986. The second-order valence-corrected chi connectivity index (χ2v) is 6.27. The number of hydrogen-bond donors (Lipinski definition) is 0. The minimum atomic E-state index is 0.826. The lowest BCUT2D eigenvalue weighted by atomic mass is 10.1. The molecule has 0 unspecified atom stereocenters. The van der Waals surface area contributed by atoms with Crippen LogP contribution in [0.4, 0.5) is 5.82 Å². The molecule has 0 amide bonds. The van der Waals surface area contributed by atoms with Crippen LogP contribution in [0, 0.1) is 0 Å². The molecule has 0 aliphatic carbocycles. The first-order valence-corrected chi connectivity index (χ1v) is 8.06. The molecule has 4 aromatic rings. The first-order valence-electron chi connectivity index (χ1n) is 7.18. The Morgan fingerprint density at radius 2 is 1.86 bits per heavy atom. The lowest BCUT2D eigenvalue weighted by molar-refractivity contribution is 0.902. The van der Waals surface area contributed by atoms with E-state index >= 15 is 0 Å². The molecule has 0 aliphatic heterocycles. The minimum absolute atomic E-state index is 0.826. The van der Waals surface area contributed by atoms with Crippen LogP contribution in [0.1, 0.15) is 5.56 Å². The van der Waals surface area contributed by atoms with Crippen molar-refractivity contribution >= 4 is 38.1 Å². The van der Waals surface area contributed by atoms with Crippen LogP contribution in [-0.4, -0.2) is 17.0 Å². The molecule has 2 aromatic heterocycles. The van der Waals surface area contributed by atoms with Crippen LogP contribution in [0.25, 0.3) is 21.0 Å². The Bertz CT molecular complexity index is 945. The lowest BCUT2D eigenvalue weighted by Gasteiger charge is -2.19. The fraction of sp³-hybridized carbons (Fsp3) is 0.111. The molecule has 0 spiro atoms. The quantitative estimate of drug-likeness (QED) is 0.559. The number of hydrogen-bond acceptors (Lipinski definition) is 4. The fourth-order valence-electron chi connectivity index (χ4n) is 2.77. The van der Waals surface area contributed by atoms with Crippen molar-refractivity contribution in [2.45, 2.75) is 6.54 Å². The van der Waals surface area contributed by atoms with Crippen LogP contribution in [0.3, 0.4) is 0 Å². The third kappa shape index (κ3) is 2.31. The predicted molar refractivity (Wildman–Crippen MR) is 93.5 cm³/mol. The molecule has 3 nitrogen and oxygen atoms in total. The van der Waals surface area contributed by atoms with Gasteiger partial charge in [-0.2, -0.15) is 0 Å². The summed E-state index contributed by atoms with van der Waals surface area (Å²) < 4.78 is 0. The van der Waals surface area contributed by atoms with E-state index < -0.39 is 0 Å². The molecule has 0 saturated carbocycles. The summed E-state index contributed by atoms with van der Waals surface area (Å²) in [6, 6.07) is 17.1. The normalized spacial score (nSPS) is 11.1. The van der Waals surface area contributed by atoms with Crippen LogP contribution in [0.15, 0.2) is 60.2 Å². The molecule has 22 heavy (non-hydrogen) atoms. The maximum Gasteiger partial charge on any atom is 0.140 e. The zero-order valence-corrected chi connectivity index (χ0v) is 13.0. The molecule has 4 heteroatoms. The van der Waals surface area contributed by atoms with E-state index in [1.54, 1.807) is 17.7 Å². The second-order valence-electron chi connectivity index (χ2n) is 5.37. The average molecular weight is 305 g/mol. The third-order valence-electron chi connectivity index (χ3n) is 3.84. The van der Waals surface area contributed by atoms with Gasteiger partial charge in [-0.1, -0.05) is 36.4 Å². The number of nitrogens with zero attached hydrogens (tertiary/aromatic N) is 3. The second kappa shape index (κ2) is 5.39. The molecule has 0 fully saturated rings. The summed E-state index contributed by atoms with van der Waals surface area (Å²) in [6.07, 6.45) is 1.64. The lowest BCUT2D eigenvalue weighted by Crippen LogP contribution is -2.17. The Kier molecular flexibility index (Phi) is 3.24. The third-order valence-corrected chi connectivity index (χ3v) is 4.66. The minimum Gasteiger partial charge on any atom is -0.355 e. The monoisotopic (exact) mass is 305 g/mol. The Balaban J connectivity index is 1.68. The zero-order valence-electron chi connectivity index (χ0n) is 12.2. The number of anilines is 1. The molecule has 2 aromatic carbocycles. The highest BCUT2D eigenvalue weighted by molar-refractivity contribution is 7.16. The molecule has 0 saturated heterocycles. The van der Waals surface area contributed by atoms with Gasteiger partial charge in [0.25, 0.3) is 0 Å². The van der Waals surface area contributed by atoms with E-state index in [9.17, 15) is 0 Å². The van der Waals surface area contributed by atoms with Gasteiger partial charge in [0, 0.05) is 13.6 Å². The summed E-state index contributed by atoms with van der Waals surface area (Å²) in [6.45, 7) is 0.826. The van der Waals surface area contributed by atoms with Gasteiger partial charge in [0.1, 0.15) is 17.0 Å². The van der Waals surface area contributed by atoms with Gasteiger partial charge in [-0.05, 0) is 33.8 Å². The number of aromatic nitrogens is 2. The standard InChI is InChI=1S/C18H15N3S/c1-21(17-16-8-9-22-18(16)20-12-19-17)11-13-6-7-14-4-2-3-5-15(14)10-13/h2-10,12H,11H2,1H3. The van der Waals surface area contributed by atoms with E-state index in [-0.39, 0.29) is 0 Å². The van der Waals surface area contributed by atoms with Gasteiger partial charge in [0.15, 0.2) is 0 Å². The molecule has 4 rings (SSSR count). The van der Waals surface area contributed by atoms with Crippen LogP contribution < -0.4 is 4.90 Å². The van der Waals surface area contributed by atoms with E-state index in [2.05, 4.69) is 75.8 Å². The Morgan fingerprint density at radius 1 is 1.00 bits per heavy atom. The molecule has 0 bridgehead atoms. The summed E-state index contributed by atoms with van der Waals surface area (Å²) >= 11 is 1.65. The van der Waals surface area contributed by atoms with Gasteiger partial charge in [-0.25, -0.2) is 9.97 Å². The molecule has 0 N–H and O–H groups in total. The molecule has 0 atom stereocenters. The van der Waals surface area contributed by atoms with Crippen molar-refractivity contribution in [1.29, 1.82) is 0 Å². The summed E-state index contributed by atoms with van der Waals surface area (Å²) in [5.41, 5.74) is 1.28. The van der Waals surface area contributed by atoms with E-state index in [0.29, 0.717) is 0 Å². The van der Waals surface area contributed by atoms with E-state index in [4.69, 9.17) is 0 Å². The van der Waals surface area contributed by atoms with Crippen molar-refractivity contribution in [3.8, 4) is 0 Å². The van der Waals surface area contributed by atoms with Crippen LogP contribution in [0.5, 0.6) is 0 Å². The molecule has 2 heterocycles. The first-order chi connectivity index (χ1) is 10.8. The van der Waals surface area contributed by atoms with E-state index in [1.807, 2.05) is 0 Å². The van der Waals surface area contributed by atoms with E-state index in [0.717, 1.165) is 22.6 Å². The van der Waals surface area contributed by atoms with E-state index in [1.165, 1.54) is 16.3 Å². The van der Waals surface area contributed by atoms with Gasteiger partial charge in [-0.3, -0.25) is 0 Å². The Hall–Kier alpha value is -2.46. The molecule has 0 radical (unpaired) electrons. The first kappa shape index (κ1) is 13.2. The van der Waals surface area contributed by atoms with Crippen molar-refractivity contribution in [1.82, 2.24) is 9.97 Å². The van der Waals surface area contributed by atoms with Gasteiger partial charge in [0.05, 0.1) is 5.39 Å². The van der Waals surface area contributed by atoms with Crippen LogP contribution in [-0.2, 0) is 6.54 Å². The Morgan fingerprint density at radius 3 is 2.77 bits per heavy atom. The maximum atomic E-state index is 4.46. The highest BCUT2D eigenvalue weighted by Crippen LogP contribution is 2.27. The van der Waals surface area contributed by atoms with Gasteiger partial charge in [-0.15, -0.1) is 11.3 Å². The fourth-order valence-corrected chi connectivity index (χ4v) is 3.49. The summed E-state index contributed by atoms with van der Waals surface area (Å²) in [4.78, 5) is 12.0. The number of benzene rings is 2. The van der Waals surface area contributed by atoms with Crippen molar-refractivity contribution in [3.05, 3.63) is 65.8 Å². The summed E-state index contributed by atoms with van der Waals surface area (Å²) in [5, 5.41) is 5.73. The molecule has 108 valence electrons. The largest absolute Gasteiger partial charge is 0.355 e. The van der Waals surface area contributed by atoms with Crippen molar-refractivity contribution in [2.75, 3.05) is 11.9 Å². The highest BCUT2D eigenvalue weighted by atomic mass is 32.1. The number of rotatable bonds is 3. The van der Waals surface area contributed by atoms with Crippen molar-refractivity contribution in [2.24, 2.45) is 0 Å². The van der Waals surface area contributed by atoms with Crippen LogP contribution >= 0.6 is 11.3 Å². The predicted octanol–water partition coefficient (Wildman–Crippen LogP) is 4.48. The maximum absolute atomic E-state index is 4.46. The molecular weight excluding hydrogens is 290 g/mol. The highest BCUT2D eigenvalue weighted by Gasteiger charge is 2.10. The average Bonchev–Trinajstić information content (AvgIpc) is 3.03. The van der Waals surface area contributed by atoms with Gasteiger partial charge in [0.2, 0.25) is 0 Å². The zero-order chi connectivity index (χ0) is 14.9. The van der Waals surface area contributed by atoms with Gasteiger partial charge < -0.3 is 4.90 Å². The van der Waals surface area contributed by atoms with Crippen molar-refractivity contribution < 1.29 is 0 Å². The van der Waals surface area contributed by atoms with Crippen LogP contribution in [0.2, 0.25) is 0 Å².